The van der Waals surface area contributed by atoms with Crippen molar-refractivity contribution in [2.45, 2.75) is 26.7 Å². The topological polar surface area (TPSA) is 215 Å². The van der Waals surface area contributed by atoms with Gasteiger partial charge in [-0.15, -0.1) is 0 Å². The van der Waals surface area contributed by atoms with Gasteiger partial charge in [0.2, 0.25) is 0 Å². The van der Waals surface area contributed by atoms with Gasteiger partial charge in [-0.25, -0.2) is 0 Å². The maximum Gasteiger partial charge on any atom is 0.303 e. The van der Waals surface area contributed by atoms with E-state index in [4.69, 9.17) is 10.2 Å². The van der Waals surface area contributed by atoms with Crippen molar-refractivity contribution in [3.05, 3.63) is 0 Å². The van der Waals surface area contributed by atoms with Crippen LogP contribution in [0.4, 0.5) is 0 Å². The fourth-order valence-electron chi connectivity index (χ4n) is 0. The summed E-state index contributed by atoms with van der Waals surface area (Å²) in [6.45, 7) is 3.20. The first kappa shape index (κ1) is 47.5. The molecule has 0 rings (SSSR count). The van der Waals surface area contributed by atoms with Crippen LogP contribution in [0.2, 0.25) is 0 Å². The molecule has 15 heavy (non-hydrogen) atoms. The predicted molar refractivity (Wildman–Crippen MR) is 55.9 cm³/mol. The van der Waals surface area contributed by atoms with Gasteiger partial charge in [0.15, 0.2) is 0 Å². The second-order valence-electron chi connectivity index (χ2n) is 1.49. The number of hydrogen-bond donors (Lipinski definition) is 6. The summed E-state index contributed by atoms with van der Waals surface area (Å²) >= 11 is 0. The Morgan fingerprint density at radius 3 is 0.867 bits per heavy atom. The molecule has 0 saturated heterocycles. The van der Waals surface area contributed by atoms with Gasteiger partial charge in [-0.05, 0) is 0 Å². The molecule has 0 saturated carbocycles. The summed E-state index contributed by atoms with van der Waals surface area (Å²) in [5, 5.41) is 15.4. The molecule has 0 aliphatic heterocycles. The van der Waals surface area contributed by atoms with E-state index in [0.29, 0.717) is 0 Å². The Bertz CT molecular complexity index is 112. The molecule has 0 bridgehead atoms. The van der Waals surface area contributed by atoms with Crippen LogP contribution in [0, 0.1) is 0 Å². The number of carboxylic acid groups (broad SMARTS) is 2. The third kappa shape index (κ3) is 157. The van der Waals surface area contributed by atoms with Crippen LogP contribution in [0.25, 0.3) is 0 Å². The fraction of sp³-hybridized carbons (Fsp3) is 0.667. The Morgan fingerprint density at radius 1 is 0.800 bits per heavy atom. The smallest absolute Gasteiger partial charge is 0.303 e. The summed E-state index contributed by atoms with van der Waals surface area (Å²) in [7, 11) is 0. The SMILES string of the molecule is CCC(=O)O.CCC(=O)O.N.N.N.N.[Co]. The van der Waals surface area contributed by atoms with E-state index in [2.05, 4.69) is 0 Å². The van der Waals surface area contributed by atoms with Crippen molar-refractivity contribution in [3.8, 4) is 0 Å². The molecule has 0 aliphatic carbocycles. The maximum absolute atomic E-state index is 9.37. The van der Waals surface area contributed by atoms with E-state index in [0.717, 1.165) is 0 Å². The maximum atomic E-state index is 9.37. The van der Waals surface area contributed by atoms with Crippen LogP contribution in [0.1, 0.15) is 26.7 Å². The third-order valence-electron chi connectivity index (χ3n) is 0.605. The monoisotopic (exact) mass is 275 g/mol. The van der Waals surface area contributed by atoms with Crippen molar-refractivity contribution in [2.75, 3.05) is 0 Å². The molecule has 9 heteroatoms. The van der Waals surface area contributed by atoms with Gasteiger partial charge in [0.25, 0.3) is 0 Å². The number of carbonyl (C=O) groups is 2. The molecule has 0 aliphatic rings. The van der Waals surface area contributed by atoms with Crippen molar-refractivity contribution in [2.24, 2.45) is 0 Å². The Morgan fingerprint density at radius 2 is 0.867 bits per heavy atom. The summed E-state index contributed by atoms with van der Waals surface area (Å²) in [4.78, 5) is 18.7. The molecule has 8 nitrogen and oxygen atoms in total. The quantitative estimate of drug-likeness (QED) is 0.433. The number of rotatable bonds is 2. The average Bonchev–Trinajstić information content (AvgIpc) is 1.89. The third-order valence-corrected chi connectivity index (χ3v) is 0.605. The molecule has 0 amide bonds. The van der Waals surface area contributed by atoms with Gasteiger partial charge in [-0.2, -0.15) is 0 Å². The van der Waals surface area contributed by atoms with Gasteiger partial charge in [-0.3, -0.25) is 9.59 Å². The van der Waals surface area contributed by atoms with Gasteiger partial charge < -0.3 is 34.8 Å². The van der Waals surface area contributed by atoms with Crippen LogP contribution in [-0.2, 0) is 26.4 Å². The Labute approximate surface area is 100 Å². The fourth-order valence-corrected chi connectivity index (χ4v) is 0. The first-order valence-electron chi connectivity index (χ1n) is 2.98. The molecular formula is C6H24CoN4O4. The number of hydrogen-bond acceptors (Lipinski definition) is 6. The molecule has 0 aromatic rings. The van der Waals surface area contributed by atoms with Gasteiger partial charge in [0.05, 0.1) is 0 Å². The van der Waals surface area contributed by atoms with E-state index < -0.39 is 11.9 Å². The van der Waals surface area contributed by atoms with Crippen LogP contribution in [0.15, 0.2) is 0 Å². The minimum atomic E-state index is -0.745. The van der Waals surface area contributed by atoms with E-state index in [1.54, 1.807) is 13.8 Å². The zero-order valence-corrected chi connectivity index (χ0v) is 10.3. The summed E-state index contributed by atoms with van der Waals surface area (Å²) in [6.07, 6.45) is 0.444. The van der Waals surface area contributed by atoms with Crippen molar-refractivity contribution >= 4 is 11.9 Å². The van der Waals surface area contributed by atoms with Crippen LogP contribution in [0.5, 0.6) is 0 Å². The van der Waals surface area contributed by atoms with E-state index >= 15 is 0 Å². The predicted octanol–water partition coefficient (Wildman–Crippen LogP) is 1.61. The van der Waals surface area contributed by atoms with Crippen LogP contribution in [0.3, 0.4) is 0 Å². The molecule has 0 heterocycles. The van der Waals surface area contributed by atoms with Gasteiger partial charge in [0.1, 0.15) is 0 Å². The molecule has 101 valence electrons. The summed E-state index contributed by atoms with van der Waals surface area (Å²) in [5.41, 5.74) is 0. The van der Waals surface area contributed by atoms with E-state index in [-0.39, 0.29) is 54.2 Å². The van der Waals surface area contributed by atoms with Gasteiger partial charge in [-0.1, -0.05) is 13.8 Å². The van der Waals surface area contributed by atoms with Gasteiger partial charge in [0, 0.05) is 29.6 Å². The van der Waals surface area contributed by atoms with E-state index in [9.17, 15) is 9.59 Å². The Balaban J connectivity index is -0.0000000128. The molecule has 0 aromatic heterocycles. The number of aliphatic carboxylic acids is 2. The number of carboxylic acids is 2. The summed E-state index contributed by atoms with van der Waals surface area (Å²) in [6, 6.07) is 0. The van der Waals surface area contributed by atoms with Crippen molar-refractivity contribution in [1.29, 1.82) is 0 Å². The second-order valence-corrected chi connectivity index (χ2v) is 1.49. The van der Waals surface area contributed by atoms with E-state index in [1.165, 1.54) is 0 Å². The van der Waals surface area contributed by atoms with E-state index in [1.807, 2.05) is 0 Å². The first-order valence-corrected chi connectivity index (χ1v) is 2.98. The van der Waals surface area contributed by atoms with Crippen molar-refractivity contribution in [1.82, 2.24) is 24.6 Å². The summed E-state index contributed by atoms with van der Waals surface area (Å²) in [5.74, 6) is -1.49. The van der Waals surface area contributed by atoms with Crippen LogP contribution in [-0.4, -0.2) is 22.2 Å². The van der Waals surface area contributed by atoms with Crippen molar-refractivity contribution in [3.63, 3.8) is 0 Å². The molecule has 0 fully saturated rings. The molecule has 14 N–H and O–H groups in total. The minimum Gasteiger partial charge on any atom is -0.481 e. The van der Waals surface area contributed by atoms with Crippen LogP contribution < -0.4 is 24.6 Å². The molecule has 0 spiro atoms. The standard InChI is InChI=1S/2C3H6O2.Co.4H3N/c2*1-2-3(4)5;;;;;/h2*2H2,1H3,(H,4,5);;4*1H3. The molecular weight excluding hydrogens is 251 g/mol. The first-order chi connectivity index (χ1) is 4.54. The zero-order chi connectivity index (χ0) is 8.57. The summed E-state index contributed by atoms with van der Waals surface area (Å²) < 4.78 is 0. The normalized spacial score (nSPS) is 4.93. The molecule has 0 aromatic carbocycles. The minimum absolute atomic E-state index is 0. The largest absolute Gasteiger partial charge is 0.481 e. The molecule has 0 unspecified atom stereocenters. The Kier molecular flexibility index (Phi) is 120. The zero-order valence-electron chi connectivity index (χ0n) is 9.29. The van der Waals surface area contributed by atoms with Gasteiger partial charge >= 0.3 is 11.9 Å². The molecule has 0 atom stereocenters. The van der Waals surface area contributed by atoms with Crippen LogP contribution >= 0.6 is 0 Å². The van der Waals surface area contributed by atoms with Crippen molar-refractivity contribution < 1.29 is 36.6 Å². The second kappa shape index (κ2) is 37.8. The molecule has 1 radical (unpaired) electrons. The average molecular weight is 275 g/mol. The Hall–Kier alpha value is -0.714.